The fourth-order valence-corrected chi connectivity index (χ4v) is 5.00. The summed E-state index contributed by atoms with van der Waals surface area (Å²) in [6, 6.07) is 2.62. The van der Waals surface area contributed by atoms with E-state index in [1.54, 1.807) is 29.2 Å². The van der Waals surface area contributed by atoms with Crippen LogP contribution in [0, 0.1) is 3.57 Å². The van der Waals surface area contributed by atoms with E-state index in [1.165, 1.54) is 13.2 Å². The van der Waals surface area contributed by atoms with Crippen LogP contribution in [0.3, 0.4) is 0 Å². The van der Waals surface area contributed by atoms with E-state index in [1.807, 2.05) is 20.8 Å². The Hall–Kier alpha value is -2.19. The lowest BCUT2D eigenvalue weighted by Gasteiger charge is -2.40. The summed E-state index contributed by atoms with van der Waals surface area (Å²) in [7, 11) is 1.48. The number of amides is 2. The fourth-order valence-electron chi connectivity index (χ4n) is 4.20. The van der Waals surface area contributed by atoms with Crippen molar-refractivity contribution in [2.24, 2.45) is 0 Å². The Labute approximate surface area is 244 Å². The molecule has 0 fully saturated rings. The second-order valence-corrected chi connectivity index (χ2v) is 10.6. The van der Waals surface area contributed by atoms with E-state index < -0.39 is 24.2 Å². The summed E-state index contributed by atoms with van der Waals surface area (Å²) >= 11 is 2.06. The van der Waals surface area contributed by atoms with E-state index in [-0.39, 0.29) is 38.2 Å². The molecule has 10 nitrogen and oxygen atoms in total. The van der Waals surface area contributed by atoms with Crippen molar-refractivity contribution >= 4 is 34.4 Å². The van der Waals surface area contributed by atoms with Crippen molar-refractivity contribution in [1.82, 2.24) is 10.2 Å². The number of hydrogen-bond donors (Lipinski definition) is 4. The summed E-state index contributed by atoms with van der Waals surface area (Å²) < 4.78 is 18.0. The topological polar surface area (TPSA) is 138 Å². The molecule has 39 heavy (non-hydrogen) atoms. The summed E-state index contributed by atoms with van der Waals surface area (Å²) in [6.45, 7) is 6.21. The SMILES string of the molecule is CCC=CC(=O)N(CCCOC(C)C)[C@@H]1CC(C(=O)NCCO)=C[C@H](Oc2c(I)cc(CO)cc2OC)[C@H]1O. The summed E-state index contributed by atoms with van der Waals surface area (Å²) in [4.78, 5) is 27.8. The Morgan fingerprint density at radius 2 is 2.03 bits per heavy atom. The number of rotatable bonds is 15. The second-order valence-electron chi connectivity index (χ2n) is 9.40. The van der Waals surface area contributed by atoms with Crippen LogP contribution in [0.4, 0.5) is 0 Å². The molecule has 0 radical (unpaired) electrons. The Bertz CT molecular complexity index is 1010. The van der Waals surface area contributed by atoms with Crippen LogP contribution in [0.1, 0.15) is 45.6 Å². The van der Waals surface area contributed by atoms with E-state index in [0.29, 0.717) is 52.2 Å². The number of carbonyl (C=O) groups excluding carboxylic acids is 2. The van der Waals surface area contributed by atoms with Crippen LogP contribution in [0.15, 0.2) is 35.9 Å². The number of hydrogen-bond acceptors (Lipinski definition) is 8. The predicted molar refractivity (Wildman–Crippen MR) is 155 cm³/mol. The molecule has 0 bridgehead atoms. The van der Waals surface area contributed by atoms with E-state index >= 15 is 0 Å². The molecule has 0 spiro atoms. The summed E-state index contributed by atoms with van der Waals surface area (Å²) in [5.74, 6) is 0.0252. The van der Waals surface area contributed by atoms with Crippen molar-refractivity contribution in [2.75, 3.05) is 33.4 Å². The normalized spacial score (nSPS) is 19.2. The number of aliphatic hydroxyl groups is 3. The van der Waals surface area contributed by atoms with Crippen LogP contribution >= 0.6 is 22.6 Å². The van der Waals surface area contributed by atoms with Crippen molar-refractivity contribution in [1.29, 1.82) is 0 Å². The molecule has 0 saturated heterocycles. The van der Waals surface area contributed by atoms with Gasteiger partial charge in [-0.15, -0.1) is 0 Å². The third kappa shape index (κ3) is 9.75. The molecule has 1 aliphatic rings. The highest BCUT2D eigenvalue weighted by atomic mass is 127. The van der Waals surface area contributed by atoms with Crippen molar-refractivity contribution in [2.45, 2.75) is 71.0 Å². The van der Waals surface area contributed by atoms with Gasteiger partial charge in [-0.3, -0.25) is 9.59 Å². The van der Waals surface area contributed by atoms with Gasteiger partial charge in [-0.05, 0) is 79.1 Å². The van der Waals surface area contributed by atoms with Gasteiger partial charge in [0, 0.05) is 31.7 Å². The van der Waals surface area contributed by atoms with Crippen molar-refractivity contribution < 1.29 is 39.1 Å². The lowest BCUT2D eigenvalue weighted by atomic mass is 9.88. The first-order valence-corrected chi connectivity index (χ1v) is 14.2. The van der Waals surface area contributed by atoms with E-state index in [2.05, 4.69) is 27.9 Å². The van der Waals surface area contributed by atoms with Gasteiger partial charge in [-0.2, -0.15) is 0 Å². The summed E-state index contributed by atoms with van der Waals surface area (Å²) in [5, 5.41) is 32.9. The first kappa shape index (κ1) is 33.0. The Morgan fingerprint density at radius 1 is 1.28 bits per heavy atom. The van der Waals surface area contributed by atoms with Gasteiger partial charge in [0.2, 0.25) is 11.8 Å². The average Bonchev–Trinajstić information content (AvgIpc) is 2.92. The highest BCUT2D eigenvalue weighted by Gasteiger charge is 2.40. The predicted octanol–water partition coefficient (Wildman–Crippen LogP) is 2.32. The minimum atomic E-state index is -1.16. The van der Waals surface area contributed by atoms with Gasteiger partial charge >= 0.3 is 0 Å². The number of halogens is 1. The molecule has 0 heterocycles. The lowest BCUT2D eigenvalue weighted by Crippen LogP contribution is -2.55. The molecule has 11 heteroatoms. The molecule has 2 rings (SSSR count). The molecule has 1 aromatic carbocycles. The first-order chi connectivity index (χ1) is 18.7. The smallest absolute Gasteiger partial charge is 0.247 e. The number of methoxy groups -OCH3 is 1. The Kier molecular flexibility index (Phi) is 14.2. The fraction of sp³-hybridized carbons (Fsp3) is 0.571. The van der Waals surface area contributed by atoms with Crippen molar-refractivity contribution in [3.05, 3.63) is 45.1 Å². The van der Waals surface area contributed by atoms with Crippen molar-refractivity contribution in [3.8, 4) is 11.5 Å². The first-order valence-electron chi connectivity index (χ1n) is 13.2. The zero-order valence-electron chi connectivity index (χ0n) is 23.1. The largest absolute Gasteiger partial charge is 0.493 e. The standard InChI is InChI=1S/C28H41IN2O8/c1-5-6-8-25(34)31(10-7-12-38-18(2)3)22-15-20(28(36)30-9-11-32)16-23(26(22)35)39-27-21(29)13-19(17-33)14-24(27)37-4/h6,8,13-14,16,18,22-23,26,32-33,35H,5,7,9-12,15,17H2,1-4H3,(H,30,36)/t22-,23+,26+/m1/s1. The zero-order valence-corrected chi connectivity index (χ0v) is 25.2. The number of benzene rings is 1. The van der Waals surface area contributed by atoms with Crippen LogP contribution in [0.5, 0.6) is 11.5 Å². The van der Waals surface area contributed by atoms with E-state index in [0.717, 1.165) is 0 Å². The quantitative estimate of drug-likeness (QED) is 0.128. The van der Waals surface area contributed by atoms with Gasteiger partial charge in [0.1, 0.15) is 12.2 Å². The minimum Gasteiger partial charge on any atom is -0.493 e. The highest BCUT2D eigenvalue weighted by Crippen LogP contribution is 2.37. The zero-order chi connectivity index (χ0) is 28.9. The molecule has 1 aliphatic carbocycles. The number of ether oxygens (including phenoxy) is 3. The number of nitrogens with zero attached hydrogens (tertiary/aromatic N) is 1. The molecule has 0 aromatic heterocycles. The molecule has 2 amide bonds. The van der Waals surface area contributed by atoms with E-state index in [9.17, 15) is 24.9 Å². The molecule has 3 atom stereocenters. The number of allylic oxidation sites excluding steroid dienone is 1. The van der Waals surface area contributed by atoms with Crippen LogP contribution in [-0.2, 0) is 20.9 Å². The maximum absolute atomic E-state index is 13.3. The lowest BCUT2D eigenvalue weighted by molar-refractivity contribution is -0.133. The minimum absolute atomic E-state index is 0.0478. The summed E-state index contributed by atoms with van der Waals surface area (Å²) in [5.41, 5.74) is 0.966. The number of aliphatic hydroxyl groups excluding tert-OH is 3. The van der Waals surface area contributed by atoms with Gasteiger partial charge in [0.05, 0.1) is 36.0 Å². The monoisotopic (exact) mass is 660 g/mol. The van der Waals surface area contributed by atoms with Gasteiger partial charge in [0.25, 0.3) is 0 Å². The molecule has 0 unspecified atom stereocenters. The molecule has 1 aromatic rings. The van der Waals surface area contributed by atoms with Crippen LogP contribution < -0.4 is 14.8 Å². The highest BCUT2D eigenvalue weighted by molar-refractivity contribution is 14.1. The molecular weight excluding hydrogens is 619 g/mol. The molecule has 0 aliphatic heterocycles. The van der Waals surface area contributed by atoms with Gasteiger partial charge in [-0.1, -0.05) is 13.0 Å². The number of nitrogens with one attached hydrogen (secondary N) is 1. The number of carbonyl (C=O) groups is 2. The van der Waals surface area contributed by atoms with Crippen LogP contribution in [0.2, 0.25) is 0 Å². The summed E-state index contributed by atoms with van der Waals surface area (Å²) in [6.07, 6.45) is 4.00. The van der Waals surface area contributed by atoms with E-state index in [4.69, 9.17) is 14.2 Å². The maximum atomic E-state index is 13.3. The second kappa shape index (κ2) is 16.8. The molecule has 4 N–H and O–H groups in total. The van der Waals surface area contributed by atoms with Gasteiger partial charge < -0.3 is 39.7 Å². The van der Waals surface area contributed by atoms with Crippen LogP contribution in [0.25, 0.3) is 0 Å². The average molecular weight is 661 g/mol. The third-order valence-corrected chi connectivity index (χ3v) is 6.92. The third-order valence-electron chi connectivity index (χ3n) is 6.11. The molecular formula is C28H41IN2O8. The van der Waals surface area contributed by atoms with Crippen molar-refractivity contribution in [3.63, 3.8) is 0 Å². The Balaban J connectivity index is 2.47. The maximum Gasteiger partial charge on any atom is 0.247 e. The van der Waals surface area contributed by atoms with Crippen LogP contribution in [-0.4, -0.2) is 89.8 Å². The Morgan fingerprint density at radius 3 is 2.64 bits per heavy atom. The molecule has 218 valence electrons. The van der Waals surface area contributed by atoms with Gasteiger partial charge in [0.15, 0.2) is 11.5 Å². The van der Waals surface area contributed by atoms with Gasteiger partial charge in [-0.25, -0.2) is 0 Å². The molecule has 0 saturated carbocycles.